The van der Waals surface area contributed by atoms with Crippen LogP contribution in [0.3, 0.4) is 0 Å². The van der Waals surface area contributed by atoms with Gasteiger partial charge in [0.15, 0.2) is 0 Å². The van der Waals surface area contributed by atoms with Gasteiger partial charge in [0.05, 0.1) is 13.7 Å². The van der Waals surface area contributed by atoms with Crippen molar-refractivity contribution >= 4 is 28.6 Å². The molecule has 0 spiro atoms. The highest BCUT2D eigenvalue weighted by molar-refractivity contribution is 6.10. The van der Waals surface area contributed by atoms with Crippen molar-refractivity contribution in [3.05, 3.63) is 71.5 Å². The van der Waals surface area contributed by atoms with Crippen molar-refractivity contribution in [2.45, 2.75) is 12.1 Å². The third-order valence-electron chi connectivity index (χ3n) is 5.63. The van der Waals surface area contributed by atoms with Crippen molar-refractivity contribution in [2.75, 3.05) is 13.7 Å². The van der Waals surface area contributed by atoms with Crippen LogP contribution in [0, 0.1) is 11.8 Å². The molecule has 3 heterocycles. The summed E-state index contributed by atoms with van der Waals surface area (Å²) in [4.78, 5) is 43.3. The van der Waals surface area contributed by atoms with Crippen molar-refractivity contribution in [2.24, 2.45) is 0 Å². The number of fused-ring (bicyclic) bond motifs is 2. The Kier molecular flexibility index (Phi) is 4.52. The first kappa shape index (κ1) is 19.6. The highest BCUT2D eigenvalue weighted by Crippen LogP contribution is 2.28. The van der Waals surface area contributed by atoms with E-state index >= 15 is 0 Å². The lowest BCUT2D eigenvalue weighted by atomic mass is 9.98. The number of benzene rings is 2. The Hall–Kier alpha value is -4.38. The van der Waals surface area contributed by atoms with Gasteiger partial charge >= 0.3 is 6.03 Å². The summed E-state index contributed by atoms with van der Waals surface area (Å²) in [5.74, 6) is 5.65. The molecule has 32 heavy (non-hydrogen) atoms. The van der Waals surface area contributed by atoms with E-state index in [4.69, 9.17) is 4.74 Å². The molecular weight excluding hydrogens is 408 g/mol. The van der Waals surface area contributed by atoms with Gasteiger partial charge in [-0.2, -0.15) is 0 Å². The number of ether oxygens (including phenoxy) is 1. The number of nitrogens with one attached hydrogen (secondary N) is 2. The second-order valence-corrected chi connectivity index (χ2v) is 7.69. The van der Waals surface area contributed by atoms with Gasteiger partial charge in [-0.3, -0.25) is 19.9 Å². The maximum Gasteiger partial charge on any atom is 0.323 e. The smallest absolute Gasteiger partial charge is 0.323 e. The van der Waals surface area contributed by atoms with Crippen LogP contribution in [-0.4, -0.2) is 46.9 Å². The van der Waals surface area contributed by atoms with E-state index in [-0.39, 0.29) is 12.5 Å². The summed E-state index contributed by atoms with van der Waals surface area (Å²) in [7, 11) is 1.53. The number of imide groups is 1. The summed E-state index contributed by atoms with van der Waals surface area (Å²) in [6.07, 6.45) is 3.44. The van der Waals surface area contributed by atoms with Crippen LogP contribution in [0.1, 0.15) is 21.5 Å². The van der Waals surface area contributed by atoms with Crippen LogP contribution in [0.15, 0.2) is 54.9 Å². The average molecular weight is 426 g/mol. The number of carbonyl (C=O) groups excluding carboxylic acids is 3. The molecule has 4 amide bonds. The lowest BCUT2D eigenvalue weighted by Gasteiger charge is -2.26. The zero-order valence-corrected chi connectivity index (χ0v) is 17.1. The van der Waals surface area contributed by atoms with E-state index in [2.05, 4.69) is 27.5 Å². The van der Waals surface area contributed by atoms with Gasteiger partial charge in [0, 0.05) is 35.5 Å². The molecule has 158 valence electrons. The van der Waals surface area contributed by atoms with Gasteiger partial charge < -0.3 is 15.0 Å². The number of hydrogen-bond acceptors (Lipinski definition) is 5. The molecule has 2 N–H and O–H groups in total. The van der Waals surface area contributed by atoms with E-state index in [1.165, 1.54) is 12.0 Å². The van der Waals surface area contributed by atoms with Gasteiger partial charge in [0.25, 0.3) is 11.8 Å². The standard InChI is InChI=1S/C24H18N4O4/c1-32-19-5-4-17-13-28(21(29)20(17)11-19)14-24(22(30)26-23(31)27-24)8-6-15-2-3-16-7-9-25-12-18(16)10-15/h2-5,7,9-12H,13-14H2,1H3,(H2,26,27,30,31)/t24-/m1/s1. The van der Waals surface area contributed by atoms with E-state index in [0.29, 0.717) is 23.4 Å². The van der Waals surface area contributed by atoms with E-state index in [1.807, 2.05) is 30.3 Å². The third kappa shape index (κ3) is 3.30. The van der Waals surface area contributed by atoms with Gasteiger partial charge in [0.1, 0.15) is 5.75 Å². The Bertz CT molecular complexity index is 1360. The molecule has 8 nitrogen and oxygen atoms in total. The minimum Gasteiger partial charge on any atom is -0.497 e. The summed E-state index contributed by atoms with van der Waals surface area (Å²) < 4.78 is 5.21. The van der Waals surface area contributed by atoms with Crippen LogP contribution in [-0.2, 0) is 11.3 Å². The monoisotopic (exact) mass is 426 g/mol. The van der Waals surface area contributed by atoms with Crippen molar-refractivity contribution in [3.63, 3.8) is 0 Å². The van der Waals surface area contributed by atoms with E-state index < -0.39 is 17.5 Å². The second-order valence-electron chi connectivity index (χ2n) is 7.69. The zero-order chi connectivity index (χ0) is 22.3. The third-order valence-corrected chi connectivity index (χ3v) is 5.63. The fourth-order valence-corrected chi connectivity index (χ4v) is 3.95. The first-order valence-electron chi connectivity index (χ1n) is 9.94. The molecule has 1 atom stereocenters. The van der Waals surface area contributed by atoms with E-state index in [9.17, 15) is 14.4 Å². The predicted octanol–water partition coefficient (Wildman–Crippen LogP) is 1.83. The lowest BCUT2D eigenvalue weighted by Crippen LogP contribution is -2.54. The molecule has 2 aliphatic heterocycles. The molecule has 2 aromatic carbocycles. The highest BCUT2D eigenvalue weighted by Gasteiger charge is 2.48. The van der Waals surface area contributed by atoms with Crippen LogP contribution < -0.4 is 15.4 Å². The quantitative estimate of drug-likeness (QED) is 0.492. The molecule has 2 aliphatic rings. The van der Waals surface area contributed by atoms with Crippen LogP contribution >= 0.6 is 0 Å². The number of urea groups is 1. The van der Waals surface area contributed by atoms with Crippen molar-refractivity contribution in [1.29, 1.82) is 0 Å². The Morgan fingerprint density at radius 2 is 2.00 bits per heavy atom. The number of rotatable bonds is 3. The molecule has 1 saturated heterocycles. The summed E-state index contributed by atoms with van der Waals surface area (Å²) in [5, 5.41) is 6.79. The SMILES string of the molecule is COc1ccc2c(c1)C(=O)N(C[C@@]1(C#Cc3ccc4ccncc4c3)NC(=O)NC1=O)C2. The number of pyridine rings is 1. The van der Waals surface area contributed by atoms with Gasteiger partial charge in [-0.25, -0.2) is 4.79 Å². The van der Waals surface area contributed by atoms with Crippen molar-refractivity contribution in [3.8, 4) is 17.6 Å². The summed E-state index contributed by atoms with van der Waals surface area (Å²) in [6.45, 7) is 0.231. The first-order chi connectivity index (χ1) is 15.5. The molecule has 8 heteroatoms. The van der Waals surface area contributed by atoms with E-state index in [1.54, 1.807) is 24.5 Å². The molecule has 1 fully saturated rings. The van der Waals surface area contributed by atoms with Gasteiger partial charge in [-0.1, -0.05) is 24.0 Å². The fourth-order valence-electron chi connectivity index (χ4n) is 3.95. The number of nitrogens with zero attached hydrogens (tertiary/aromatic N) is 2. The molecule has 0 saturated carbocycles. The minimum absolute atomic E-state index is 0.0808. The second kappa shape index (κ2) is 7.39. The van der Waals surface area contributed by atoms with Crippen LogP contribution in [0.2, 0.25) is 0 Å². The molecule has 0 aliphatic carbocycles. The Balaban J connectivity index is 1.47. The number of methoxy groups -OCH3 is 1. The lowest BCUT2D eigenvalue weighted by molar-refractivity contribution is -0.122. The maximum atomic E-state index is 13.0. The Morgan fingerprint density at radius 1 is 1.12 bits per heavy atom. The van der Waals surface area contributed by atoms with Crippen molar-refractivity contribution < 1.29 is 19.1 Å². The average Bonchev–Trinajstić information content (AvgIpc) is 3.26. The Morgan fingerprint density at radius 3 is 2.78 bits per heavy atom. The summed E-state index contributed by atoms with van der Waals surface area (Å²) in [5.41, 5.74) is 0.451. The van der Waals surface area contributed by atoms with E-state index in [0.717, 1.165) is 16.3 Å². The van der Waals surface area contributed by atoms with Crippen LogP contribution in [0.4, 0.5) is 4.79 Å². The molecule has 0 unspecified atom stereocenters. The molecular formula is C24H18N4O4. The number of aromatic nitrogens is 1. The highest BCUT2D eigenvalue weighted by atomic mass is 16.5. The zero-order valence-electron chi connectivity index (χ0n) is 17.1. The van der Waals surface area contributed by atoms with Crippen LogP contribution in [0.25, 0.3) is 10.8 Å². The van der Waals surface area contributed by atoms with Gasteiger partial charge in [-0.15, -0.1) is 0 Å². The maximum absolute atomic E-state index is 13.0. The molecule has 1 aromatic heterocycles. The fraction of sp³-hybridized carbons (Fsp3) is 0.167. The minimum atomic E-state index is -1.55. The largest absolute Gasteiger partial charge is 0.497 e. The molecule has 3 aromatic rings. The molecule has 5 rings (SSSR count). The number of carbonyl (C=O) groups is 3. The summed E-state index contributed by atoms with van der Waals surface area (Å²) in [6, 6.07) is 12.1. The first-order valence-corrected chi connectivity index (χ1v) is 9.94. The van der Waals surface area contributed by atoms with Gasteiger partial charge in [-0.05, 0) is 41.3 Å². The van der Waals surface area contributed by atoms with Crippen LogP contribution in [0.5, 0.6) is 5.75 Å². The topological polar surface area (TPSA) is 101 Å². The number of hydrogen-bond donors (Lipinski definition) is 2. The Labute approximate surface area is 183 Å². The number of amides is 4. The van der Waals surface area contributed by atoms with Crippen molar-refractivity contribution in [1.82, 2.24) is 20.5 Å². The summed E-state index contributed by atoms with van der Waals surface area (Å²) >= 11 is 0. The molecule has 0 bridgehead atoms. The predicted molar refractivity (Wildman–Crippen MR) is 116 cm³/mol. The van der Waals surface area contributed by atoms with Gasteiger partial charge in [0.2, 0.25) is 5.54 Å². The normalized spacial score (nSPS) is 19.3. The molecule has 0 radical (unpaired) electrons.